The Morgan fingerprint density at radius 1 is 0.742 bits per heavy atom. The Hall–Kier alpha value is -2.57. The second-order valence-electron chi connectivity index (χ2n) is 9.08. The minimum atomic E-state index is -3.61. The third-order valence-corrected chi connectivity index (χ3v) is 11.8. The average Bonchev–Trinajstić information content (AvgIpc) is 2.72. The lowest BCUT2D eigenvalue weighted by Gasteiger charge is -2.36. The van der Waals surface area contributed by atoms with Crippen molar-refractivity contribution >= 4 is 18.2 Å². The molecule has 0 aromatic heterocycles. The fourth-order valence-corrected chi connectivity index (χ4v) is 5.02. The van der Waals surface area contributed by atoms with Gasteiger partial charge in [0, 0.05) is 0 Å². The van der Waals surface area contributed by atoms with Crippen molar-refractivity contribution < 1.29 is 17.6 Å². The van der Waals surface area contributed by atoms with Crippen molar-refractivity contribution in [3.05, 3.63) is 84.4 Å². The first kappa shape index (κ1) is 23.1. The van der Waals surface area contributed by atoms with E-state index in [-0.39, 0.29) is 14.8 Å². The highest BCUT2D eigenvalue weighted by Crippen LogP contribution is 2.37. The van der Waals surface area contributed by atoms with E-state index < -0.39 is 18.2 Å². The van der Waals surface area contributed by atoms with Crippen LogP contribution in [-0.2, 0) is 16.4 Å². The predicted molar refractivity (Wildman–Crippen MR) is 127 cm³/mol. The Labute approximate surface area is 186 Å². The first-order chi connectivity index (χ1) is 14.5. The largest absolute Gasteiger partial charge is 0.544 e. The second kappa shape index (κ2) is 8.89. The summed E-state index contributed by atoms with van der Waals surface area (Å²) >= 11 is 0. The average molecular weight is 455 g/mol. The zero-order chi connectivity index (χ0) is 22.7. The van der Waals surface area contributed by atoms with Crippen molar-refractivity contribution in [2.24, 2.45) is 0 Å². The van der Waals surface area contributed by atoms with Crippen LogP contribution in [0, 0.1) is 0 Å². The van der Waals surface area contributed by atoms with Gasteiger partial charge in [0.2, 0.25) is 18.2 Å². The molecule has 0 bridgehead atoms. The van der Waals surface area contributed by atoms with Gasteiger partial charge in [-0.05, 0) is 72.2 Å². The van der Waals surface area contributed by atoms with E-state index in [4.69, 9.17) is 9.16 Å². The van der Waals surface area contributed by atoms with Crippen LogP contribution in [0.1, 0.15) is 26.3 Å². The standard InChI is InChI=1S/C25H30O4SSi/c1-25(2,3)31(4,5)29-22-13-17-24(18-14-22)30(26,27)23-15-11-21(12-16-23)28-19-20-9-7-6-8-10-20/h6-18H,19H2,1-5H3. The smallest absolute Gasteiger partial charge is 0.250 e. The predicted octanol–water partition coefficient (Wildman–Crippen LogP) is 6.48. The molecule has 0 radical (unpaired) electrons. The zero-order valence-corrected chi connectivity index (χ0v) is 20.6. The van der Waals surface area contributed by atoms with Crippen molar-refractivity contribution in [3.8, 4) is 11.5 Å². The molecule has 3 rings (SSSR count). The van der Waals surface area contributed by atoms with Crippen molar-refractivity contribution in [2.45, 2.75) is 55.3 Å². The van der Waals surface area contributed by atoms with Crippen LogP contribution >= 0.6 is 0 Å². The van der Waals surface area contributed by atoms with E-state index in [2.05, 4.69) is 33.9 Å². The summed E-state index contributed by atoms with van der Waals surface area (Å²) in [6, 6.07) is 23.1. The normalized spacial score (nSPS) is 12.4. The Morgan fingerprint density at radius 2 is 1.23 bits per heavy atom. The molecule has 0 aliphatic rings. The SMILES string of the molecule is CC(C)(C)[Si](C)(C)Oc1ccc(S(=O)(=O)c2ccc(OCc3ccccc3)cc2)cc1. The quantitative estimate of drug-likeness (QED) is 0.383. The summed E-state index contributed by atoms with van der Waals surface area (Å²) < 4.78 is 38.0. The van der Waals surface area contributed by atoms with Crippen LogP contribution in [0.25, 0.3) is 0 Å². The molecule has 0 fully saturated rings. The Balaban J connectivity index is 1.71. The molecule has 0 amide bonds. The van der Waals surface area contributed by atoms with Gasteiger partial charge in [-0.1, -0.05) is 51.1 Å². The van der Waals surface area contributed by atoms with Gasteiger partial charge in [-0.3, -0.25) is 0 Å². The summed E-state index contributed by atoms with van der Waals surface area (Å²) in [7, 11) is -5.59. The molecule has 0 aliphatic carbocycles. The van der Waals surface area contributed by atoms with E-state index in [1.54, 1.807) is 48.5 Å². The Kier molecular flexibility index (Phi) is 6.62. The number of ether oxygens (including phenoxy) is 1. The van der Waals surface area contributed by atoms with Gasteiger partial charge in [0.15, 0.2) is 0 Å². The van der Waals surface area contributed by atoms with Gasteiger partial charge < -0.3 is 9.16 Å². The molecule has 3 aromatic rings. The van der Waals surface area contributed by atoms with E-state index >= 15 is 0 Å². The molecule has 0 aliphatic heterocycles. The van der Waals surface area contributed by atoms with Crippen molar-refractivity contribution in [3.63, 3.8) is 0 Å². The lowest BCUT2D eigenvalue weighted by molar-refractivity contribution is 0.306. The first-order valence-corrected chi connectivity index (χ1v) is 14.7. The van der Waals surface area contributed by atoms with Crippen LogP contribution in [-0.4, -0.2) is 16.7 Å². The summed E-state index contributed by atoms with van der Waals surface area (Å²) in [5, 5.41) is 0.0715. The van der Waals surface area contributed by atoms with Gasteiger partial charge in [0.25, 0.3) is 0 Å². The maximum absolute atomic E-state index is 13.0. The van der Waals surface area contributed by atoms with E-state index in [1.807, 2.05) is 30.3 Å². The Bertz CT molecular complexity index is 1100. The molecule has 0 N–H and O–H groups in total. The van der Waals surface area contributed by atoms with Crippen molar-refractivity contribution in [2.75, 3.05) is 0 Å². The van der Waals surface area contributed by atoms with Crippen LogP contribution < -0.4 is 9.16 Å². The number of hydrogen-bond donors (Lipinski definition) is 0. The van der Waals surface area contributed by atoms with Gasteiger partial charge in [0.05, 0.1) is 9.79 Å². The van der Waals surface area contributed by atoms with Gasteiger partial charge >= 0.3 is 0 Å². The molecule has 0 atom stereocenters. The van der Waals surface area contributed by atoms with Crippen LogP contribution in [0.3, 0.4) is 0 Å². The molecule has 3 aromatic carbocycles. The van der Waals surface area contributed by atoms with E-state index in [9.17, 15) is 8.42 Å². The third kappa shape index (κ3) is 5.57. The van der Waals surface area contributed by atoms with Crippen LogP contribution in [0.15, 0.2) is 88.7 Å². The van der Waals surface area contributed by atoms with E-state index in [1.165, 1.54) is 0 Å². The highest BCUT2D eigenvalue weighted by molar-refractivity contribution is 7.91. The number of rotatable bonds is 7. The third-order valence-electron chi connectivity index (χ3n) is 5.70. The lowest BCUT2D eigenvalue weighted by atomic mass is 10.2. The summed E-state index contributed by atoms with van der Waals surface area (Å²) in [5.41, 5.74) is 1.05. The first-order valence-electron chi connectivity index (χ1n) is 10.3. The molecule has 0 unspecified atom stereocenters. The maximum atomic E-state index is 13.0. The molecular weight excluding hydrogens is 424 g/mol. The van der Waals surface area contributed by atoms with Gasteiger partial charge in [-0.25, -0.2) is 8.42 Å². The highest BCUT2D eigenvalue weighted by atomic mass is 32.2. The van der Waals surface area contributed by atoms with Crippen molar-refractivity contribution in [1.29, 1.82) is 0 Å². The molecule has 6 heteroatoms. The van der Waals surface area contributed by atoms with E-state index in [0.717, 1.165) is 5.56 Å². The second-order valence-corrected chi connectivity index (χ2v) is 15.8. The zero-order valence-electron chi connectivity index (χ0n) is 18.8. The van der Waals surface area contributed by atoms with Crippen LogP contribution in [0.2, 0.25) is 18.1 Å². The van der Waals surface area contributed by atoms with Crippen molar-refractivity contribution in [1.82, 2.24) is 0 Å². The molecule has 0 saturated carbocycles. The molecule has 0 saturated heterocycles. The highest BCUT2D eigenvalue weighted by Gasteiger charge is 2.39. The summed E-state index contributed by atoms with van der Waals surface area (Å²) in [5.74, 6) is 1.33. The van der Waals surface area contributed by atoms with Crippen LogP contribution in [0.4, 0.5) is 0 Å². The molecule has 31 heavy (non-hydrogen) atoms. The molecule has 164 valence electrons. The topological polar surface area (TPSA) is 52.6 Å². The Morgan fingerprint density at radius 3 is 1.71 bits per heavy atom. The number of hydrogen-bond acceptors (Lipinski definition) is 4. The number of sulfone groups is 1. The monoisotopic (exact) mass is 454 g/mol. The van der Waals surface area contributed by atoms with Crippen LogP contribution in [0.5, 0.6) is 11.5 Å². The fourth-order valence-electron chi connectivity index (χ4n) is 2.73. The summed E-state index contributed by atoms with van der Waals surface area (Å²) in [4.78, 5) is 0.477. The summed E-state index contributed by atoms with van der Waals surface area (Å²) in [6.07, 6.45) is 0. The maximum Gasteiger partial charge on any atom is 0.250 e. The molecule has 4 nitrogen and oxygen atoms in total. The molecular formula is C25H30O4SSi. The minimum absolute atomic E-state index is 0.0715. The van der Waals surface area contributed by atoms with E-state index in [0.29, 0.717) is 18.1 Å². The molecule has 0 heterocycles. The molecule has 0 spiro atoms. The minimum Gasteiger partial charge on any atom is -0.544 e. The lowest BCUT2D eigenvalue weighted by Crippen LogP contribution is -2.43. The summed E-state index contributed by atoms with van der Waals surface area (Å²) in [6.45, 7) is 11.3. The van der Waals surface area contributed by atoms with Gasteiger partial charge in [-0.15, -0.1) is 0 Å². The van der Waals surface area contributed by atoms with Gasteiger partial charge in [0.1, 0.15) is 18.1 Å². The number of benzene rings is 3. The fraction of sp³-hybridized carbons (Fsp3) is 0.280. The van der Waals surface area contributed by atoms with Gasteiger partial charge in [-0.2, -0.15) is 0 Å².